The number of hydrogen-bond acceptors (Lipinski definition) is 3. The molecule has 1 aliphatic rings. The van der Waals surface area contributed by atoms with E-state index in [4.69, 9.17) is 0 Å². The largest absolute Gasteiger partial charge is 0.329 e. The maximum absolute atomic E-state index is 12.2. The first-order valence-electron chi connectivity index (χ1n) is 6.53. The van der Waals surface area contributed by atoms with Crippen molar-refractivity contribution in [1.29, 1.82) is 0 Å². The molecule has 2 atom stereocenters. The number of nitrogens with zero attached hydrogens (tertiary/aromatic N) is 1. The van der Waals surface area contributed by atoms with Crippen LogP contribution in [0.3, 0.4) is 0 Å². The highest BCUT2D eigenvalue weighted by Gasteiger charge is 2.30. The summed E-state index contributed by atoms with van der Waals surface area (Å²) < 4.78 is 11.0. The summed E-state index contributed by atoms with van der Waals surface area (Å²) in [4.78, 5) is 14.0. The van der Waals surface area contributed by atoms with Gasteiger partial charge in [-0.2, -0.15) is 0 Å². The number of hydrogen-bond donors (Lipinski definition) is 1. The Kier molecular flexibility index (Phi) is 5.10. The van der Waals surface area contributed by atoms with E-state index < -0.39 is 10.8 Å². The third-order valence-electron chi connectivity index (χ3n) is 3.28. The predicted molar refractivity (Wildman–Crippen MR) is 77.2 cm³/mol. The summed E-state index contributed by atoms with van der Waals surface area (Å²) in [6.07, 6.45) is 3.23. The molecule has 5 heteroatoms. The van der Waals surface area contributed by atoms with Gasteiger partial charge in [0.2, 0.25) is 5.91 Å². The molecule has 1 aromatic carbocycles. The van der Waals surface area contributed by atoms with Crippen LogP contribution < -0.4 is 5.32 Å². The molecule has 104 valence electrons. The molecule has 1 aromatic rings. The van der Waals surface area contributed by atoms with Gasteiger partial charge in [0, 0.05) is 29.4 Å². The second-order valence-corrected chi connectivity index (χ2v) is 6.39. The van der Waals surface area contributed by atoms with E-state index in [0.717, 1.165) is 12.8 Å². The van der Waals surface area contributed by atoms with Gasteiger partial charge in [-0.3, -0.25) is 14.3 Å². The van der Waals surface area contributed by atoms with Crippen molar-refractivity contribution in [3.63, 3.8) is 0 Å². The summed E-state index contributed by atoms with van der Waals surface area (Å²) in [6, 6.07) is 9.92. The van der Waals surface area contributed by atoms with E-state index in [-0.39, 0.29) is 11.9 Å². The maximum Gasteiger partial charge on any atom is 0.241 e. The second kappa shape index (κ2) is 6.82. The lowest BCUT2D eigenvalue weighted by Gasteiger charge is -2.14. The summed E-state index contributed by atoms with van der Waals surface area (Å²) in [5.74, 6) is 0.818. The van der Waals surface area contributed by atoms with Gasteiger partial charge in [-0.25, -0.2) is 0 Å². The zero-order valence-corrected chi connectivity index (χ0v) is 12.0. The Labute approximate surface area is 116 Å². The fourth-order valence-electron chi connectivity index (χ4n) is 2.26. The van der Waals surface area contributed by atoms with Crippen LogP contribution in [0.15, 0.2) is 30.3 Å². The molecular formula is C14H20N2O2S. The molecule has 2 unspecified atom stereocenters. The van der Waals surface area contributed by atoms with Gasteiger partial charge in [0.25, 0.3) is 0 Å². The first-order chi connectivity index (χ1) is 9.16. The van der Waals surface area contributed by atoms with Gasteiger partial charge in [-0.1, -0.05) is 30.3 Å². The number of carbonyl (C=O) groups excluding carboxylic acids is 1. The van der Waals surface area contributed by atoms with Crippen LogP contribution in [0.2, 0.25) is 0 Å². The first kappa shape index (κ1) is 14.2. The van der Waals surface area contributed by atoms with Crippen molar-refractivity contribution in [1.82, 2.24) is 10.2 Å². The highest BCUT2D eigenvalue weighted by molar-refractivity contribution is 7.84. The summed E-state index contributed by atoms with van der Waals surface area (Å²) in [6.45, 7) is 1.30. The van der Waals surface area contributed by atoms with Crippen molar-refractivity contribution in [2.75, 3.05) is 25.2 Å². The molecule has 0 spiro atoms. The molecule has 0 radical (unpaired) electrons. The fourth-order valence-corrected chi connectivity index (χ4v) is 2.80. The van der Waals surface area contributed by atoms with Gasteiger partial charge < -0.3 is 4.90 Å². The van der Waals surface area contributed by atoms with Crippen LogP contribution in [0.4, 0.5) is 0 Å². The molecule has 2 rings (SSSR count). The van der Waals surface area contributed by atoms with Gasteiger partial charge in [0.1, 0.15) is 0 Å². The van der Waals surface area contributed by atoms with Gasteiger partial charge >= 0.3 is 0 Å². The molecule has 4 nitrogen and oxygen atoms in total. The molecule has 1 fully saturated rings. The maximum atomic E-state index is 12.2. The summed E-state index contributed by atoms with van der Waals surface area (Å²) in [5.41, 5.74) is 1.17. The van der Waals surface area contributed by atoms with E-state index in [0.29, 0.717) is 19.0 Å². The topological polar surface area (TPSA) is 49.4 Å². The molecule has 19 heavy (non-hydrogen) atoms. The number of carbonyl (C=O) groups is 1. The van der Waals surface area contributed by atoms with Crippen molar-refractivity contribution in [3.8, 4) is 0 Å². The van der Waals surface area contributed by atoms with Crippen LogP contribution in [0, 0.1) is 0 Å². The third-order valence-corrected chi connectivity index (χ3v) is 4.14. The molecule has 1 aliphatic heterocycles. The van der Waals surface area contributed by atoms with Crippen molar-refractivity contribution in [2.24, 2.45) is 0 Å². The smallest absolute Gasteiger partial charge is 0.241 e. The quantitative estimate of drug-likeness (QED) is 0.837. The van der Waals surface area contributed by atoms with Crippen molar-refractivity contribution in [2.45, 2.75) is 18.9 Å². The lowest BCUT2D eigenvalue weighted by Crippen LogP contribution is -2.33. The van der Waals surface area contributed by atoms with Crippen LogP contribution >= 0.6 is 0 Å². The zero-order valence-electron chi connectivity index (χ0n) is 11.2. The lowest BCUT2D eigenvalue weighted by molar-refractivity contribution is -0.128. The monoisotopic (exact) mass is 280 g/mol. The molecule has 1 amide bonds. The Morgan fingerprint density at radius 3 is 2.79 bits per heavy atom. The second-order valence-electron chi connectivity index (χ2n) is 4.84. The number of nitrogens with one attached hydrogen (secondary N) is 1. The van der Waals surface area contributed by atoms with E-state index in [2.05, 4.69) is 5.32 Å². The average molecular weight is 280 g/mol. The Morgan fingerprint density at radius 2 is 2.11 bits per heavy atom. The SMILES string of the molecule is CS(=O)CCCN1CNC(Cc2ccccc2)C1=O. The van der Waals surface area contributed by atoms with E-state index in [1.165, 1.54) is 5.56 Å². The van der Waals surface area contributed by atoms with Gasteiger partial charge in [-0.15, -0.1) is 0 Å². The molecule has 0 bridgehead atoms. The Hall–Kier alpha value is -1.20. The van der Waals surface area contributed by atoms with Crippen molar-refractivity contribution < 1.29 is 9.00 Å². The highest BCUT2D eigenvalue weighted by Crippen LogP contribution is 2.10. The molecule has 0 saturated carbocycles. The van der Waals surface area contributed by atoms with Crippen molar-refractivity contribution >= 4 is 16.7 Å². The third kappa shape index (κ3) is 4.14. The Balaban J connectivity index is 1.82. The van der Waals surface area contributed by atoms with Crippen molar-refractivity contribution in [3.05, 3.63) is 35.9 Å². The van der Waals surface area contributed by atoms with E-state index in [1.54, 1.807) is 6.26 Å². The van der Waals surface area contributed by atoms with Crippen LogP contribution in [0.5, 0.6) is 0 Å². The van der Waals surface area contributed by atoms with Gasteiger partial charge in [-0.05, 0) is 18.4 Å². The number of benzene rings is 1. The van der Waals surface area contributed by atoms with Gasteiger partial charge in [0.15, 0.2) is 0 Å². The average Bonchev–Trinajstić information content (AvgIpc) is 2.72. The fraction of sp³-hybridized carbons (Fsp3) is 0.500. The number of rotatable bonds is 6. The van der Waals surface area contributed by atoms with E-state index in [1.807, 2.05) is 35.2 Å². The van der Waals surface area contributed by atoms with Crippen LogP contribution in [-0.2, 0) is 22.0 Å². The molecule has 1 N–H and O–H groups in total. The summed E-state index contributed by atoms with van der Waals surface area (Å²) in [5, 5.41) is 3.24. The highest BCUT2D eigenvalue weighted by atomic mass is 32.2. The number of amides is 1. The van der Waals surface area contributed by atoms with Crippen LogP contribution in [0.25, 0.3) is 0 Å². The Morgan fingerprint density at radius 1 is 1.37 bits per heavy atom. The zero-order chi connectivity index (χ0) is 13.7. The Bertz CT molecular complexity index is 450. The molecular weight excluding hydrogens is 260 g/mol. The molecule has 0 aliphatic carbocycles. The first-order valence-corrected chi connectivity index (χ1v) is 8.25. The summed E-state index contributed by atoms with van der Waals surface area (Å²) in [7, 11) is -0.775. The van der Waals surface area contributed by atoms with Crippen LogP contribution in [0.1, 0.15) is 12.0 Å². The minimum Gasteiger partial charge on any atom is -0.329 e. The van der Waals surface area contributed by atoms with E-state index in [9.17, 15) is 9.00 Å². The molecule has 1 heterocycles. The molecule has 0 aromatic heterocycles. The molecule has 1 saturated heterocycles. The summed E-state index contributed by atoms with van der Waals surface area (Å²) >= 11 is 0. The minimum absolute atomic E-state index is 0.116. The van der Waals surface area contributed by atoms with Gasteiger partial charge in [0.05, 0.1) is 12.7 Å². The lowest BCUT2D eigenvalue weighted by atomic mass is 10.1. The standard InChI is InChI=1S/C14H20N2O2S/c1-19(18)9-5-8-16-11-15-13(14(16)17)10-12-6-3-2-4-7-12/h2-4,6-7,13,15H,5,8-11H2,1H3. The predicted octanol–water partition coefficient (Wildman–Crippen LogP) is 0.756. The van der Waals surface area contributed by atoms with Crippen LogP contribution in [-0.4, -0.2) is 46.3 Å². The van der Waals surface area contributed by atoms with E-state index >= 15 is 0 Å². The minimum atomic E-state index is -0.775. The normalized spacial score (nSPS) is 20.8.